The Labute approximate surface area is 90.7 Å². The standard InChI is InChI=1S/C13H17NO/c1-6-7-12(11(5)15)13-9(3)8(2)10(4)14-13/h6-7,14H,1H2,2-5H3/b12-7-. The minimum absolute atomic E-state index is 0.0549. The molecule has 0 aromatic carbocycles. The van der Waals surface area contributed by atoms with Crippen molar-refractivity contribution in [3.63, 3.8) is 0 Å². The summed E-state index contributed by atoms with van der Waals surface area (Å²) < 4.78 is 0. The van der Waals surface area contributed by atoms with Gasteiger partial charge in [0.15, 0.2) is 5.78 Å². The van der Waals surface area contributed by atoms with Crippen LogP contribution in [0.25, 0.3) is 5.57 Å². The zero-order valence-electron chi connectivity index (χ0n) is 9.77. The van der Waals surface area contributed by atoms with Gasteiger partial charge in [-0.2, -0.15) is 0 Å². The van der Waals surface area contributed by atoms with Crippen LogP contribution in [0.5, 0.6) is 0 Å². The molecule has 0 bridgehead atoms. The SMILES string of the molecule is C=C/C=C(/C(C)=O)c1[nH]c(C)c(C)c1C. The Balaban J connectivity index is 3.36. The van der Waals surface area contributed by atoms with Gasteiger partial charge in [-0.25, -0.2) is 0 Å². The first kappa shape index (κ1) is 11.5. The number of aryl methyl sites for hydroxylation is 1. The maximum absolute atomic E-state index is 11.5. The van der Waals surface area contributed by atoms with E-state index in [0.29, 0.717) is 5.57 Å². The molecule has 0 fully saturated rings. The van der Waals surface area contributed by atoms with Gasteiger partial charge in [0, 0.05) is 11.3 Å². The maximum atomic E-state index is 11.5. The number of allylic oxidation sites excluding steroid dienone is 3. The molecule has 0 aliphatic heterocycles. The van der Waals surface area contributed by atoms with Crippen molar-refractivity contribution in [1.29, 1.82) is 0 Å². The highest BCUT2D eigenvalue weighted by Crippen LogP contribution is 2.23. The van der Waals surface area contributed by atoms with Gasteiger partial charge in [-0.3, -0.25) is 4.79 Å². The van der Waals surface area contributed by atoms with Crippen molar-refractivity contribution in [2.24, 2.45) is 0 Å². The molecule has 0 saturated carbocycles. The van der Waals surface area contributed by atoms with Gasteiger partial charge in [-0.05, 0) is 44.9 Å². The van der Waals surface area contributed by atoms with Crippen LogP contribution in [0.1, 0.15) is 29.4 Å². The summed E-state index contributed by atoms with van der Waals surface area (Å²) in [6.45, 7) is 11.3. The summed E-state index contributed by atoms with van der Waals surface area (Å²) in [4.78, 5) is 14.7. The fraction of sp³-hybridized carbons (Fsp3) is 0.308. The molecule has 1 heterocycles. The summed E-state index contributed by atoms with van der Waals surface area (Å²) in [5.41, 5.74) is 5.06. The molecule has 0 aliphatic carbocycles. The Morgan fingerprint density at radius 3 is 2.20 bits per heavy atom. The van der Waals surface area contributed by atoms with E-state index >= 15 is 0 Å². The van der Waals surface area contributed by atoms with Crippen LogP contribution in [-0.4, -0.2) is 10.8 Å². The Bertz CT molecular complexity index is 436. The van der Waals surface area contributed by atoms with Crippen molar-refractivity contribution in [3.8, 4) is 0 Å². The molecule has 2 heteroatoms. The Morgan fingerprint density at radius 1 is 1.27 bits per heavy atom. The second kappa shape index (κ2) is 4.30. The van der Waals surface area contributed by atoms with Crippen LogP contribution in [0.4, 0.5) is 0 Å². The Kier molecular flexibility index (Phi) is 3.30. The average Bonchev–Trinajstić information content (AvgIpc) is 2.42. The molecular formula is C13H17NO. The topological polar surface area (TPSA) is 32.9 Å². The molecular weight excluding hydrogens is 186 g/mol. The van der Waals surface area contributed by atoms with Gasteiger partial charge in [0.1, 0.15) is 0 Å². The highest BCUT2D eigenvalue weighted by Gasteiger charge is 2.14. The lowest BCUT2D eigenvalue weighted by Gasteiger charge is -2.02. The quantitative estimate of drug-likeness (QED) is 0.594. The molecule has 0 aliphatic rings. The molecule has 0 spiro atoms. The van der Waals surface area contributed by atoms with Crippen LogP contribution in [-0.2, 0) is 4.79 Å². The fourth-order valence-electron chi connectivity index (χ4n) is 1.61. The molecule has 0 unspecified atom stereocenters. The zero-order valence-corrected chi connectivity index (χ0v) is 9.77. The normalized spacial score (nSPS) is 11.6. The Hall–Kier alpha value is -1.57. The van der Waals surface area contributed by atoms with Gasteiger partial charge in [0.05, 0.1) is 5.69 Å². The van der Waals surface area contributed by atoms with Crippen molar-refractivity contribution in [1.82, 2.24) is 4.98 Å². The summed E-state index contributed by atoms with van der Waals surface area (Å²) >= 11 is 0. The van der Waals surface area contributed by atoms with Crippen molar-refractivity contribution < 1.29 is 4.79 Å². The third-order valence-electron chi connectivity index (χ3n) is 2.75. The van der Waals surface area contributed by atoms with E-state index in [-0.39, 0.29) is 5.78 Å². The molecule has 0 saturated heterocycles. The third-order valence-corrected chi connectivity index (χ3v) is 2.75. The van der Waals surface area contributed by atoms with E-state index in [1.807, 2.05) is 13.8 Å². The lowest BCUT2D eigenvalue weighted by molar-refractivity contribution is -0.111. The maximum Gasteiger partial charge on any atom is 0.161 e. The van der Waals surface area contributed by atoms with E-state index in [1.54, 1.807) is 19.1 Å². The van der Waals surface area contributed by atoms with Crippen LogP contribution < -0.4 is 0 Å². The minimum Gasteiger partial charge on any atom is -0.358 e. The molecule has 80 valence electrons. The lowest BCUT2D eigenvalue weighted by atomic mass is 10.0. The van der Waals surface area contributed by atoms with E-state index in [1.165, 1.54) is 5.56 Å². The molecule has 1 aromatic rings. The number of carbonyl (C=O) groups excluding carboxylic acids is 1. The zero-order chi connectivity index (χ0) is 11.6. The molecule has 1 N–H and O–H groups in total. The predicted octanol–water partition coefficient (Wildman–Crippen LogP) is 3.10. The second-order valence-electron chi connectivity index (χ2n) is 3.75. The highest BCUT2D eigenvalue weighted by atomic mass is 16.1. The molecule has 1 rings (SSSR count). The van der Waals surface area contributed by atoms with Crippen LogP contribution >= 0.6 is 0 Å². The number of H-pyrrole nitrogens is 1. The number of hydrogen-bond donors (Lipinski definition) is 1. The molecule has 0 amide bonds. The number of aromatic nitrogens is 1. The van der Waals surface area contributed by atoms with Crippen LogP contribution in [0.3, 0.4) is 0 Å². The number of hydrogen-bond acceptors (Lipinski definition) is 1. The number of carbonyl (C=O) groups is 1. The summed E-state index contributed by atoms with van der Waals surface area (Å²) in [5.74, 6) is 0.0549. The first-order chi connectivity index (χ1) is 6.99. The summed E-state index contributed by atoms with van der Waals surface area (Å²) in [7, 11) is 0. The van der Waals surface area contributed by atoms with Gasteiger partial charge in [0.25, 0.3) is 0 Å². The largest absolute Gasteiger partial charge is 0.358 e. The number of aromatic amines is 1. The van der Waals surface area contributed by atoms with Gasteiger partial charge in [0.2, 0.25) is 0 Å². The monoisotopic (exact) mass is 203 g/mol. The van der Waals surface area contributed by atoms with Crippen molar-refractivity contribution >= 4 is 11.4 Å². The Morgan fingerprint density at radius 2 is 1.87 bits per heavy atom. The van der Waals surface area contributed by atoms with Crippen molar-refractivity contribution in [3.05, 3.63) is 41.2 Å². The minimum atomic E-state index is 0.0549. The lowest BCUT2D eigenvalue weighted by Crippen LogP contribution is -1.98. The number of ketones is 1. The summed E-state index contributed by atoms with van der Waals surface area (Å²) in [6, 6.07) is 0. The van der Waals surface area contributed by atoms with Crippen molar-refractivity contribution in [2.75, 3.05) is 0 Å². The number of Topliss-reactive ketones (excluding diaryl/α,β-unsaturated/α-hetero) is 1. The van der Waals surface area contributed by atoms with Crippen LogP contribution in [0, 0.1) is 20.8 Å². The van der Waals surface area contributed by atoms with Gasteiger partial charge in [-0.15, -0.1) is 0 Å². The number of rotatable bonds is 3. The third kappa shape index (κ3) is 2.09. The predicted molar refractivity (Wildman–Crippen MR) is 63.9 cm³/mol. The molecule has 0 radical (unpaired) electrons. The van der Waals surface area contributed by atoms with Crippen molar-refractivity contribution in [2.45, 2.75) is 27.7 Å². The molecule has 2 nitrogen and oxygen atoms in total. The fourth-order valence-corrected chi connectivity index (χ4v) is 1.61. The van der Waals surface area contributed by atoms with E-state index in [0.717, 1.165) is 17.0 Å². The van der Waals surface area contributed by atoms with E-state index in [4.69, 9.17) is 0 Å². The highest BCUT2D eigenvalue weighted by molar-refractivity contribution is 6.19. The van der Waals surface area contributed by atoms with Crippen LogP contribution in [0.15, 0.2) is 18.7 Å². The van der Waals surface area contributed by atoms with Gasteiger partial charge < -0.3 is 4.98 Å². The van der Waals surface area contributed by atoms with Gasteiger partial charge >= 0.3 is 0 Å². The smallest absolute Gasteiger partial charge is 0.161 e. The summed E-state index contributed by atoms with van der Waals surface area (Å²) in [6.07, 6.45) is 3.39. The summed E-state index contributed by atoms with van der Waals surface area (Å²) in [5, 5.41) is 0. The van der Waals surface area contributed by atoms with Gasteiger partial charge in [-0.1, -0.05) is 12.7 Å². The van der Waals surface area contributed by atoms with E-state index in [2.05, 4.69) is 18.5 Å². The first-order valence-corrected chi connectivity index (χ1v) is 4.98. The first-order valence-electron chi connectivity index (χ1n) is 4.98. The number of nitrogens with one attached hydrogen (secondary N) is 1. The molecule has 0 atom stereocenters. The second-order valence-corrected chi connectivity index (χ2v) is 3.75. The van der Waals surface area contributed by atoms with E-state index in [9.17, 15) is 4.79 Å². The van der Waals surface area contributed by atoms with Crippen LogP contribution in [0.2, 0.25) is 0 Å². The molecule has 1 aromatic heterocycles. The molecule has 15 heavy (non-hydrogen) atoms. The van der Waals surface area contributed by atoms with E-state index < -0.39 is 0 Å². The average molecular weight is 203 g/mol.